The number of benzene rings is 7. The van der Waals surface area contributed by atoms with Crippen LogP contribution in [0, 0.1) is 0 Å². The summed E-state index contributed by atoms with van der Waals surface area (Å²) in [6.07, 6.45) is 0. The van der Waals surface area contributed by atoms with Crippen molar-refractivity contribution in [1.82, 2.24) is 0 Å². The van der Waals surface area contributed by atoms with E-state index in [9.17, 15) is 9.90 Å². The minimum absolute atomic E-state index is 0.185. The Labute approximate surface area is 327 Å². The summed E-state index contributed by atoms with van der Waals surface area (Å²) < 4.78 is 20.6. The van der Waals surface area contributed by atoms with Gasteiger partial charge in [-0.15, -0.1) is 11.3 Å². The molecule has 0 bridgehead atoms. The quantitative estimate of drug-likeness (QED) is 0.122. The Morgan fingerprint density at radius 2 is 1.18 bits per heavy atom. The summed E-state index contributed by atoms with van der Waals surface area (Å²) in [7, 11) is 0. The van der Waals surface area contributed by atoms with Gasteiger partial charge in [0, 0.05) is 26.9 Å². The number of anilines is 1. The number of carboxylic acids is 1. The first-order chi connectivity index (χ1) is 27.0. The minimum Gasteiger partial charge on any atom is -0.485 e. The van der Waals surface area contributed by atoms with Gasteiger partial charge in [-0.3, -0.25) is 0 Å². The average molecular weight is 760 g/mol. The van der Waals surface area contributed by atoms with Crippen molar-refractivity contribution in [2.45, 2.75) is 13.2 Å². The predicted molar refractivity (Wildman–Crippen MR) is 222 cm³/mol. The van der Waals surface area contributed by atoms with Crippen molar-refractivity contribution < 1.29 is 24.1 Å². The van der Waals surface area contributed by atoms with Crippen LogP contribution in [0.4, 0.5) is 5.69 Å². The highest BCUT2D eigenvalue weighted by molar-refractivity contribution is 7.19. The second-order valence-electron chi connectivity index (χ2n) is 12.8. The molecule has 8 rings (SSSR count). The molecule has 55 heavy (non-hydrogen) atoms. The van der Waals surface area contributed by atoms with E-state index in [1.807, 2.05) is 84.9 Å². The highest BCUT2D eigenvalue weighted by Gasteiger charge is 2.21. The van der Waals surface area contributed by atoms with Gasteiger partial charge in [0.25, 0.3) is 0 Å². The number of carbonyl (C=O) groups is 1. The molecule has 0 saturated carbocycles. The standard InChI is InChI=1S/C47H34ClNO5S/c48-36-21-25-38(26-22-36)54-46-40-27-43(53-37-23-19-35(20-24-37)33-11-5-2-6-12-33)42(52-30-31-15-17-34(18-16-31)32-9-3-1-4-10-32)28-44(40)55-45(46)29-49-41-14-8-7-13-39(41)47(50)51/h1-28,49H,29-30H2,(H,50,51). The molecule has 270 valence electrons. The molecular weight excluding hydrogens is 726 g/mol. The first-order valence-corrected chi connectivity index (χ1v) is 18.9. The molecule has 1 heterocycles. The number of carboxylic acid groups (broad SMARTS) is 1. The molecule has 0 spiro atoms. The fraction of sp³-hybridized carbons (Fsp3) is 0.0426. The smallest absolute Gasteiger partial charge is 0.337 e. The van der Waals surface area contributed by atoms with E-state index in [1.165, 1.54) is 11.3 Å². The monoisotopic (exact) mass is 759 g/mol. The van der Waals surface area contributed by atoms with Gasteiger partial charge >= 0.3 is 5.97 Å². The van der Waals surface area contributed by atoms with Crippen molar-refractivity contribution in [3.63, 3.8) is 0 Å². The maximum atomic E-state index is 12.0. The van der Waals surface area contributed by atoms with Gasteiger partial charge in [0.15, 0.2) is 17.2 Å². The van der Waals surface area contributed by atoms with E-state index in [-0.39, 0.29) is 5.56 Å². The number of ether oxygens (including phenoxy) is 3. The summed E-state index contributed by atoms with van der Waals surface area (Å²) in [5.41, 5.74) is 6.19. The number of hydrogen-bond donors (Lipinski definition) is 2. The molecule has 0 aliphatic carbocycles. The summed E-state index contributed by atoms with van der Waals surface area (Å²) in [5.74, 6) is 1.97. The van der Waals surface area contributed by atoms with Crippen LogP contribution in [-0.2, 0) is 13.2 Å². The van der Waals surface area contributed by atoms with Crippen LogP contribution >= 0.6 is 22.9 Å². The fourth-order valence-corrected chi connectivity index (χ4v) is 7.44. The number of fused-ring (bicyclic) bond motifs is 1. The van der Waals surface area contributed by atoms with Gasteiger partial charge in [-0.1, -0.05) is 121 Å². The first kappa shape index (κ1) is 35.5. The zero-order valence-electron chi connectivity index (χ0n) is 29.4. The molecule has 8 heteroatoms. The molecular formula is C47H34ClNO5S. The Kier molecular flexibility index (Phi) is 10.5. The van der Waals surface area contributed by atoms with Crippen LogP contribution in [0.1, 0.15) is 20.8 Å². The second-order valence-corrected chi connectivity index (χ2v) is 14.3. The maximum absolute atomic E-state index is 12.0. The van der Waals surface area contributed by atoms with Gasteiger partial charge in [0.2, 0.25) is 0 Å². The molecule has 0 aliphatic heterocycles. The van der Waals surface area contributed by atoms with Crippen molar-refractivity contribution in [3.05, 3.63) is 191 Å². The van der Waals surface area contributed by atoms with Crippen LogP contribution in [-0.4, -0.2) is 11.1 Å². The molecule has 0 amide bonds. The van der Waals surface area contributed by atoms with Crippen molar-refractivity contribution >= 4 is 44.7 Å². The molecule has 0 radical (unpaired) electrons. The lowest BCUT2D eigenvalue weighted by Crippen LogP contribution is -2.05. The Morgan fingerprint density at radius 1 is 0.618 bits per heavy atom. The summed E-state index contributed by atoms with van der Waals surface area (Å²) in [5, 5.41) is 14.5. The van der Waals surface area contributed by atoms with Crippen LogP contribution in [0.15, 0.2) is 170 Å². The van der Waals surface area contributed by atoms with Gasteiger partial charge in [0.1, 0.15) is 18.1 Å². The molecule has 0 aliphatic rings. The number of aromatic carboxylic acids is 1. The maximum Gasteiger partial charge on any atom is 0.337 e. The minimum atomic E-state index is -1.01. The lowest BCUT2D eigenvalue weighted by atomic mass is 10.0. The van der Waals surface area contributed by atoms with Crippen LogP contribution in [0.3, 0.4) is 0 Å². The molecule has 7 aromatic carbocycles. The third-order valence-corrected chi connectivity index (χ3v) is 10.4. The SMILES string of the molecule is O=C(O)c1ccccc1NCc1sc2cc(OCc3ccc(-c4ccccc4)cc3)c(Oc3ccc(-c4ccccc4)cc3)cc2c1Oc1ccc(Cl)cc1. The van der Waals surface area contributed by atoms with Gasteiger partial charge in [-0.2, -0.15) is 0 Å². The summed E-state index contributed by atoms with van der Waals surface area (Å²) in [4.78, 5) is 12.8. The van der Waals surface area contributed by atoms with Gasteiger partial charge in [-0.05, 0) is 82.4 Å². The summed E-state index contributed by atoms with van der Waals surface area (Å²) in [6.45, 7) is 0.636. The van der Waals surface area contributed by atoms with Crippen LogP contribution in [0.2, 0.25) is 5.02 Å². The van der Waals surface area contributed by atoms with Crippen molar-refractivity contribution in [2.24, 2.45) is 0 Å². The molecule has 8 aromatic rings. The highest BCUT2D eigenvalue weighted by atomic mass is 35.5. The Morgan fingerprint density at radius 3 is 1.84 bits per heavy atom. The second kappa shape index (κ2) is 16.2. The van der Waals surface area contributed by atoms with E-state index in [0.29, 0.717) is 52.6 Å². The van der Waals surface area contributed by atoms with Crippen LogP contribution < -0.4 is 19.5 Å². The third-order valence-electron chi connectivity index (χ3n) is 9.05. The van der Waals surface area contributed by atoms with E-state index >= 15 is 0 Å². The zero-order valence-corrected chi connectivity index (χ0v) is 31.0. The molecule has 0 unspecified atom stereocenters. The van der Waals surface area contributed by atoms with Gasteiger partial charge in [-0.25, -0.2) is 4.79 Å². The Bertz CT molecular complexity index is 2560. The number of nitrogens with one attached hydrogen (secondary N) is 1. The zero-order chi connectivity index (χ0) is 37.6. The fourth-order valence-electron chi connectivity index (χ4n) is 6.23. The van der Waals surface area contributed by atoms with E-state index in [4.69, 9.17) is 25.8 Å². The molecule has 0 atom stereocenters. The van der Waals surface area contributed by atoms with Crippen LogP contribution in [0.5, 0.6) is 28.7 Å². The lowest BCUT2D eigenvalue weighted by molar-refractivity contribution is 0.0698. The number of thiophene rings is 1. The largest absolute Gasteiger partial charge is 0.485 e. The highest BCUT2D eigenvalue weighted by Crippen LogP contribution is 2.47. The van der Waals surface area contributed by atoms with Crippen LogP contribution in [0.25, 0.3) is 32.3 Å². The molecule has 0 saturated heterocycles. The Balaban J connectivity index is 1.16. The first-order valence-electron chi connectivity index (χ1n) is 17.7. The number of rotatable bonds is 13. The van der Waals surface area contributed by atoms with Crippen molar-refractivity contribution in [1.29, 1.82) is 0 Å². The number of para-hydroxylation sites is 1. The predicted octanol–water partition coefficient (Wildman–Crippen LogP) is 13.4. The number of halogens is 1. The van der Waals surface area contributed by atoms with Gasteiger partial charge < -0.3 is 24.6 Å². The van der Waals surface area contributed by atoms with E-state index in [2.05, 4.69) is 53.8 Å². The normalized spacial score (nSPS) is 10.9. The Hall–Kier alpha value is -6.54. The topological polar surface area (TPSA) is 77.0 Å². The summed E-state index contributed by atoms with van der Waals surface area (Å²) in [6, 6.07) is 54.8. The van der Waals surface area contributed by atoms with Crippen molar-refractivity contribution in [3.8, 4) is 51.0 Å². The third kappa shape index (κ3) is 8.34. The van der Waals surface area contributed by atoms with E-state index in [1.54, 1.807) is 36.4 Å². The van der Waals surface area contributed by atoms with Crippen molar-refractivity contribution in [2.75, 3.05) is 5.32 Å². The summed E-state index contributed by atoms with van der Waals surface area (Å²) >= 11 is 7.74. The van der Waals surface area contributed by atoms with Gasteiger partial charge in [0.05, 0.1) is 17.0 Å². The number of hydrogen-bond acceptors (Lipinski definition) is 6. The molecule has 1 aromatic heterocycles. The van der Waals surface area contributed by atoms with E-state index in [0.717, 1.165) is 42.8 Å². The molecule has 0 fully saturated rings. The average Bonchev–Trinajstić information content (AvgIpc) is 3.56. The molecule has 6 nitrogen and oxygen atoms in total. The molecule has 2 N–H and O–H groups in total. The van der Waals surface area contributed by atoms with E-state index < -0.39 is 5.97 Å². The lowest BCUT2D eigenvalue weighted by Gasteiger charge is -2.15.